The van der Waals surface area contributed by atoms with Crippen LogP contribution < -0.4 is 0 Å². The van der Waals surface area contributed by atoms with Crippen LogP contribution in [0, 0.1) is 11.3 Å². The summed E-state index contributed by atoms with van der Waals surface area (Å²) in [6, 6.07) is 13.1. The Bertz CT molecular complexity index is 802. The predicted octanol–water partition coefficient (Wildman–Crippen LogP) is 2.13. The number of hydrogen-bond acceptors (Lipinski definition) is 5. The van der Waals surface area contributed by atoms with Crippen molar-refractivity contribution in [2.45, 2.75) is 10.8 Å². The molecular weight excluding hydrogens is 330 g/mol. The maximum absolute atomic E-state index is 12.5. The van der Waals surface area contributed by atoms with E-state index in [9.17, 15) is 8.42 Å². The van der Waals surface area contributed by atoms with Gasteiger partial charge in [-0.3, -0.25) is 4.90 Å². The first kappa shape index (κ1) is 16.1. The van der Waals surface area contributed by atoms with Crippen LogP contribution in [0.2, 0.25) is 0 Å². The quantitative estimate of drug-likeness (QED) is 0.850. The van der Waals surface area contributed by atoms with Gasteiger partial charge in [0.05, 0.1) is 11.6 Å². The zero-order chi connectivity index (χ0) is 16.3. The summed E-state index contributed by atoms with van der Waals surface area (Å²) in [5, 5.41) is 10.7. The molecule has 23 heavy (non-hydrogen) atoms. The largest absolute Gasteiger partial charge is 0.296 e. The number of rotatable bonds is 4. The molecule has 0 saturated carbocycles. The van der Waals surface area contributed by atoms with Crippen LogP contribution in [0.25, 0.3) is 0 Å². The lowest BCUT2D eigenvalue weighted by atomic mass is 10.1. The molecule has 0 aliphatic carbocycles. The molecule has 2 heterocycles. The predicted molar refractivity (Wildman–Crippen MR) is 89.5 cm³/mol. The van der Waals surface area contributed by atoms with Crippen molar-refractivity contribution in [2.75, 3.05) is 26.2 Å². The molecule has 7 heteroatoms. The summed E-state index contributed by atoms with van der Waals surface area (Å²) >= 11 is 1.26. The minimum absolute atomic E-state index is 0.410. The van der Waals surface area contributed by atoms with E-state index in [1.165, 1.54) is 11.3 Å². The van der Waals surface area contributed by atoms with Crippen molar-refractivity contribution in [3.05, 3.63) is 52.9 Å². The SMILES string of the molecule is N#Cc1cccc(CN2CCN(S(=O)(=O)c3cccs3)CC2)c1. The molecule has 0 amide bonds. The molecule has 1 aromatic heterocycles. The maximum Gasteiger partial charge on any atom is 0.252 e. The Balaban J connectivity index is 1.61. The van der Waals surface area contributed by atoms with Crippen LogP contribution in [0.15, 0.2) is 46.0 Å². The zero-order valence-corrected chi connectivity index (χ0v) is 14.2. The van der Waals surface area contributed by atoms with Crippen LogP contribution in [0.4, 0.5) is 0 Å². The first-order valence-electron chi connectivity index (χ1n) is 7.34. The fourth-order valence-corrected chi connectivity index (χ4v) is 5.23. The van der Waals surface area contributed by atoms with Crippen molar-refractivity contribution in [3.8, 4) is 6.07 Å². The first-order chi connectivity index (χ1) is 11.1. The van der Waals surface area contributed by atoms with Gasteiger partial charge in [-0.1, -0.05) is 18.2 Å². The van der Waals surface area contributed by atoms with Gasteiger partial charge >= 0.3 is 0 Å². The van der Waals surface area contributed by atoms with Gasteiger partial charge in [-0.05, 0) is 29.1 Å². The summed E-state index contributed by atoms with van der Waals surface area (Å²) in [5.41, 5.74) is 1.74. The van der Waals surface area contributed by atoms with Crippen LogP contribution >= 0.6 is 11.3 Å². The summed E-state index contributed by atoms with van der Waals surface area (Å²) in [5.74, 6) is 0. The number of nitrogens with zero attached hydrogens (tertiary/aromatic N) is 3. The highest BCUT2D eigenvalue weighted by Gasteiger charge is 2.29. The molecule has 1 aromatic carbocycles. The number of nitriles is 1. The van der Waals surface area contributed by atoms with E-state index in [-0.39, 0.29) is 0 Å². The second kappa shape index (κ2) is 6.81. The number of thiophene rings is 1. The monoisotopic (exact) mass is 347 g/mol. The molecule has 120 valence electrons. The average Bonchev–Trinajstić information content (AvgIpc) is 3.11. The van der Waals surface area contributed by atoms with Gasteiger partial charge in [0.2, 0.25) is 0 Å². The molecule has 1 fully saturated rings. The maximum atomic E-state index is 12.5. The Kier molecular flexibility index (Phi) is 4.78. The fourth-order valence-electron chi connectivity index (χ4n) is 2.66. The lowest BCUT2D eigenvalue weighted by molar-refractivity contribution is 0.182. The van der Waals surface area contributed by atoms with Gasteiger partial charge in [-0.15, -0.1) is 11.3 Å². The van der Waals surface area contributed by atoms with E-state index < -0.39 is 10.0 Å². The Morgan fingerprint density at radius 3 is 2.57 bits per heavy atom. The van der Waals surface area contributed by atoms with E-state index in [0.29, 0.717) is 36.0 Å². The molecule has 0 N–H and O–H groups in total. The van der Waals surface area contributed by atoms with E-state index in [0.717, 1.165) is 12.1 Å². The lowest BCUT2D eigenvalue weighted by Gasteiger charge is -2.33. The van der Waals surface area contributed by atoms with Gasteiger partial charge in [0, 0.05) is 32.7 Å². The van der Waals surface area contributed by atoms with E-state index in [1.807, 2.05) is 18.2 Å². The molecule has 0 radical (unpaired) electrons. The van der Waals surface area contributed by atoms with Crippen LogP contribution in [0.5, 0.6) is 0 Å². The van der Waals surface area contributed by atoms with E-state index in [2.05, 4.69) is 11.0 Å². The number of piperazine rings is 1. The van der Waals surface area contributed by atoms with Crippen molar-refractivity contribution in [1.82, 2.24) is 9.21 Å². The van der Waals surface area contributed by atoms with Gasteiger partial charge in [0.1, 0.15) is 4.21 Å². The third kappa shape index (κ3) is 3.62. The second-order valence-electron chi connectivity index (χ2n) is 5.42. The molecule has 2 aromatic rings. The summed E-state index contributed by atoms with van der Waals surface area (Å²) < 4.78 is 26.9. The molecule has 0 spiro atoms. The molecule has 0 bridgehead atoms. The lowest BCUT2D eigenvalue weighted by Crippen LogP contribution is -2.48. The average molecular weight is 347 g/mol. The molecule has 5 nitrogen and oxygen atoms in total. The van der Waals surface area contributed by atoms with Crippen molar-refractivity contribution in [2.24, 2.45) is 0 Å². The molecule has 1 saturated heterocycles. The highest BCUT2D eigenvalue weighted by molar-refractivity contribution is 7.91. The van der Waals surface area contributed by atoms with E-state index >= 15 is 0 Å². The summed E-state index contributed by atoms with van der Waals surface area (Å²) in [4.78, 5) is 2.22. The van der Waals surface area contributed by atoms with Gasteiger partial charge in [0.15, 0.2) is 0 Å². The Morgan fingerprint density at radius 2 is 1.91 bits per heavy atom. The normalized spacial score (nSPS) is 17.0. The smallest absolute Gasteiger partial charge is 0.252 e. The molecule has 3 rings (SSSR count). The Hall–Kier alpha value is -1.72. The van der Waals surface area contributed by atoms with Crippen LogP contribution in [-0.4, -0.2) is 43.8 Å². The van der Waals surface area contributed by atoms with E-state index in [1.54, 1.807) is 27.9 Å². The number of hydrogen-bond donors (Lipinski definition) is 0. The van der Waals surface area contributed by atoms with Gasteiger partial charge in [-0.25, -0.2) is 8.42 Å². The van der Waals surface area contributed by atoms with Crippen molar-refractivity contribution >= 4 is 21.4 Å². The molecule has 1 aliphatic rings. The molecule has 0 atom stereocenters. The Morgan fingerprint density at radius 1 is 1.13 bits per heavy atom. The first-order valence-corrected chi connectivity index (χ1v) is 9.66. The third-order valence-corrected chi connectivity index (χ3v) is 7.15. The fraction of sp³-hybridized carbons (Fsp3) is 0.312. The molecule has 0 unspecified atom stereocenters. The minimum atomic E-state index is -3.34. The van der Waals surface area contributed by atoms with Crippen molar-refractivity contribution < 1.29 is 8.42 Å². The zero-order valence-electron chi connectivity index (χ0n) is 12.6. The summed E-state index contributed by atoms with van der Waals surface area (Å²) in [6.07, 6.45) is 0. The van der Waals surface area contributed by atoms with Crippen molar-refractivity contribution in [3.63, 3.8) is 0 Å². The number of sulfonamides is 1. The molecule has 1 aliphatic heterocycles. The van der Waals surface area contributed by atoms with Gasteiger partial charge in [-0.2, -0.15) is 9.57 Å². The van der Waals surface area contributed by atoms with Crippen LogP contribution in [0.1, 0.15) is 11.1 Å². The van der Waals surface area contributed by atoms with Crippen molar-refractivity contribution in [1.29, 1.82) is 5.26 Å². The summed E-state index contributed by atoms with van der Waals surface area (Å²) in [6.45, 7) is 3.13. The van der Waals surface area contributed by atoms with Crippen LogP contribution in [0.3, 0.4) is 0 Å². The summed E-state index contributed by atoms with van der Waals surface area (Å²) in [7, 11) is -3.34. The third-order valence-electron chi connectivity index (χ3n) is 3.88. The molecular formula is C16H17N3O2S2. The second-order valence-corrected chi connectivity index (χ2v) is 8.54. The minimum Gasteiger partial charge on any atom is -0.296 e. The Labute approximate surface area is 140 Å². The van der Waals surface area contributed by atoms with Crippen LogP contribution in [-0.2, 0) is 16.6 Å². The standard InChI is InChI=1S/C16H17N3O2S2/c17-12-14-3-1-4-15(11-14)13-18-6-8-19(9-7-18)23(20,21)16-5-2-10-22-16/h1-5,10-11H,6-9,13H2. The van der Waals surface area contributed by atoms with E-state index in [4.69, 9.17) is 5.26 Å². The highest BCUT2D eigenvalue weighted by atomic mass is 32.2. The highest BCUT2D eigenvalue weighted by Crippen LogP contribution is 2.22. The van der Waals surface area contributed by atoms with Gasteiger partial charge in [0.25, 0.3) is 10.0 Å². The number of benzene rings is 1. The topological polar surface area (TPSA) is 64.4 Å². The van der Waals surface area contributed by atoms with Gasteiger partial charge < -0.3 is 0 Å².